The Labute approximate surface area is 109 Å². The van der Waals surface area contributed by atoms with Crippen molar-refractivity contribution in [1.29, 1.82) is 0 Å². The molecule has 1 saturated carbocycles. The van der Waals surface area contributed by atoms with E-state index >= 15 is 0 Å². The Morgan fingerprint density at radius 3 is 2.50 bits per heavy atom. The van der Waals surface area contributed by atoms with Crippen molar-refractivity contribution in [2.24, 2.45) is 0 Å². The molecule has 3 heteroatoms. The highest BCUT2D eigenvalue weighted by Crippen LogP contribution is 2.42. The summed E-state index contributed by atoms with van der Waals surface area (Å²) in [5, 5.41) is 2.88. The third kappa shape index (κ3) is 3.18. The minimum atomic E-state index is 0.139. The Balaban J connectivity index is 1.89. The largest absolute Gasteiger partial charge is 0.378 e. The number of carbonyl (C=O) groups is 1. The first-order valence-electron chi connectivity index (χ1n) is 6.51. The van der Waals surface area contributed by atoms with Crippen LogP contribution >= 0.6 is 0 Å². The monoisotopic (exact) mass is 247 g/mol. The first-order valence-corrected chi connectivity index (χ1v) is 6.51. The van der Waals surface area contributed by atoms with E-state index in [9.17, 15) is 4.79 Å². The smallest absolute Gasteiger partial charge is 0.176 e. The molecule has 98 valence electrons. The summed E-state index contributed by atoms with van der Waals surface area (Å²) >= 11 is 0. The second kappa shape index (κ2) is 5.63. The summed E-state index contributed by atoms with van der Waals surface area (Å²) in [7, 11) is 3.58. The SMILES string of the molecule is CNCC(=O)c1ccc(CCC2(OC)CC2)cc1. The summed E-state index contributed by atoms with van der Waals surface area (Å²) in [6.45, 7) is 0.395. The zero-order valence-corrected chi connectivity index (χ0v) is 11.2. The summed E-state index contributed by atoms with van der Waals surface area (Å²) in [4.78, 5) is 11.6. The third-order valence-corrected chi connectivity index (χ3v) is 3.72. The minimum absolute atomic E-state index is 0.139. The number of rotatable bonds is 7. The maximum absolute atomic E-state index is 11.6. The van der Waals surface area contributed by atoms with Crippen LogP contribution in [0.1, 0.15) is 35.2 Å². The van der Waals surface area contributed by atoms with Gasteiger partial charge in [0, 0.05) is 12.7 Å². The van der Waals surface area contributed by atoms with Gasteiger partial charge in [0.05, 0.1) is 12.1 Å². The van der Waals surface area contributed by atoms with Crippen molar-refractivity contribution >= 4 is 5.78 Å². The zero-order chi connectivity index (χ0) is 13.0. The molecule has 1 N–H and O–H groups in total. The molecular weight excluding hydrogens is 226 g/mol. The van der Waals surface area contributed by atoms with Crippen molar-refractivity contribution in [3.63, 3.8) is 0 Å². The molecule has 1 aliphatic carbocycles. The minimum Gasteiger partial charge on any atom is -0.378 e. The van der Waals surface area contributed by atoms with Crippen molar-refractivity contribution in [3.8, 4) is 0 Å². The molecular formula is C15H21NO2. The van der Waals surface area contributed by atoms with Gasteiger partial charge in [0.15, 0.2) is 5.78 Å². The van der Waals surface area contributed by atoms with E-state index in [1.807, 2.05) is 12.1 Å². The number of aryl methyl sites for hydroxylation is 1. The van der Waals surface area contributed by atoms with E-state index in [1.54, 1.807) is 14.2 Å². The lowest BCUT2D eigenvalue weighted by atomic mass is 10.0. The second-order valence-corrected chi connectivity index (χ2v) is 5.04. The fraction of sp³-hybridized carbons (Fsp3) is 0.533. The Bertz CT molecular complexity index is 407. The van der Waals surface area contributed by atoms with Gasteiger partial charge in [-0.05, 0) is 38.3 Å². The lowest BCUT2D eigenvalue weighted by Gasteiger charge is -2.12. The molecule has 0 aliphatic heterocycles. The maximum Gasteiger partial charge on any atom is 0.176 e. The van der Waals surface area contributed by atoms with E-state index in [2.05, 4.69) is 17.4 Å². The Morgan fingerprint density at radius 2 is 2.00 bits per heavy atom. The van der Waals surface area contributed by atoms with Gasteiger partial charge in [-0.15, -0.1) is 0 Å². The van der Waals surface area contributed by atoms with Gasteiger partial charge < -0.3 is 10.1 Å². The lowest BCUT2D eigenvalue weighted by molar-refractivity contribution is 0.0731. The highest BCUT2D eigenvalue weighted by atomic mass is 16.5. The van der Waals surface area contributed by atoms with Gasteiger partial charge in [0.2, 0.25) is 0 Å². The fourth-order valence-corrected chi connectivity index (χ4v) is 2.19. The van der Waals surface area contributed by atoms with Crippen molar-refractivity contribution < 1.29 is 9.53 Å². The average molecular weight is 247 g/mol. The van der Waals surface area contributed by atoms with Gasteiger partial charge in [-0.1, -0.05) is 24.3 Å². The first kappa shape index (κ1) is 13.2. The number of likely N-dealkylation sites (N-methyl/N-ethyl adjacent to an activating group) is 1. The first-order chi connectivity index (χ1) is 8.69. The van der Waals surface area contributed by atoms with Gasteiger partial charge >= 0.3 is 0 Å². The second-order valence-electron chi connectivity index (χ2n) is 5.04. The van der Waals surface area contributed by atoms with E-state index < -0.39 is 0 Å². The summed E-state index contributed by atoms with van der Waals surface area (Å²) in [6.07, 6.45) is 4.46. The van der Waals surface area contributed by atoms with Crippen molar-refractivity contribution in [3.05, 3.63) is 35.4 Å². The molecule has 0 spiro atoms. The highest BCUT2D eigenvalue weighted by molar-refractivity contribution is 5.97. The fourth-order valence-electron chi connectivity index (χ4n) is 2.19. The van der Waals surface area contributed by atoms with Gasteiger partial charge in [0.25, 0.3) is 0 Å². The van der Waals surface area contributed by atoms with E-state index in [4.69, 9.17) is 4.74 Å². The molecule has 0 amide bonds. The van der Waals surface area contributed by atoms with Crippen molar-refractivity contribution in [1.82, 2.24) is 5.32 Å². The van der Waals surface area contributed by atoms with Gasteiger partial charge in [0.1, 0.15) is 0 Å². The number of hydrogen-bond donors (Lipinski definition) is 1. The van der Waals surface area contributed by atoms with Crippen LogP contribution in [0.15, 0.2) is 24.3 Å². The number of Topliss-reactive ketones (excluding diaryl/α,β-unsaturated/α-hetero) is 1. The molecule has 0 heterocycles. The normalized spacial score (nSPS) is 16.6. The molecule has 3 nitrogen and oxygen atoms in total. The molecule has 0 saturated heterocycles. The molecule has 0 aromatic heterocycles. The van der Waals surface area contributed by atoms with E-state index in [-0.39, 0.29) is 11.4 Å². The van der Waals surface area contributed by atoms with E-state index in [0.717, 1.165) is 18.4 Å². The van der Waals surface area contributed by atoms with Gasteiger partial charge in [-0.2, -0.15) is 0 Å². The third-order valence-electron chi connectivity index (χ3n) is 3.72. The molecule has 1 aliphatic rings. The molecule has 0 atom stereocenters. The quantitative estimate of drug-likeness (QED) is 0.751. The standard InChI is InChI=1S/C15H21NO2/c1-16-11-14(17)13-5-3-12(4-6-13)7-8-15(18-2)9-10-15/h3-6,16H,7-11H2,1-2H3. The summed E-state index contributed by atoms with van der Waals surface area (Å²) < 4.78 is 5.50. The molecule has 0 unspecified atom stereocenters. The summed E-state index contributed by atoms with van der Waals surface area (Å²) in [6, 6.07) is 7.94. The molecule has 1 aromatic carbocycles. The number of nitrogens with one attached hydrogen (secondary N) is 1. The highest BCUT2D eigenvalue weighted by Gasteiger charge is 2.42. The van der Waals surface area contributed by atoms with Gasteiger partial charge in [-0.25, -0.2) is 0 Å². The number of benzene rings is 1. The Morgan fingerprint density at radius 1 is 1.33 bits per heavy atom. The summed E-state index contributed by atoms with van der Waals surface area (Å²) in [5.74, 6) is 0.139. The van der Waals surface area contributed by atoms with Crippen LogP contribution in [0.4, 0.5) is 0 Å². The van der Waals surface area contributed by atoms with E-state index in [0.29, 0.717) is 6.54 Å². The Hall–Kier alpha value is -1.19. The van der Waals surface area contributed by atoms with Crippen LogP contribution in [0, 0.1) is 0 Å². The number of ether oxygens (including phenoxy) is 1. The van der Waals surface area contributed by atoms with Crippen LogP contribution in [0.2, 0.25) is 0 Å². The number of methoxy groups -OCH3 is 1. The molecule has 2 rings (SSSR count). The molecule has 0 radical (unpaired) electrons. The lowest BCUT2D eigenvalue weighted by Crippen LogP contribution is -2.18. The van der Waals surface area contributed by atoms with E-state index in [1.165, 1.54) is 18.4 Å². The molecule has 1 aromatic rings. The molecule has 1 fully saturated rings. The predicted molar refractivity (Wildman–Crippen MR) is 72.0 cm³/mol. The van der Waals surface area contributed by atoms with Crippen LogP contribution in [0.25, 0.3) is 0 Å². The Kier molecular flexibility index (Phi) is 4.15. The van der Waals surface area contributed by atoms with Crippen LogP contribution in [0.3, 0.4) is 0 Å². The molecule has 0 bridgehead atoms. The predicted octanol–water partition coefficient (Wildman–Crippen LogP) is 2.20. The number of carbonyl (C=O) groups excluding carboxylic acids is 1. The van der Waals surface area contributed by atoms with Crippen LogP contribution in [0.5, 0.6) is 0 Å². The molecule has 18 heavy (non-hydrogen) atoms. The summed E-state index contributed by atoms with van der Waals surface area (Å²) in [5.41, 5.74) is 2.21. The van der Waals surface area contributed by atoms with Crippen LogP contribution in [-0.2, 0) is 11.2 Å². The van der Waals surface area contributed by atoms with Crippen LogP contribution < -0.4 is 5.32 Å². The average Bonchev–Trinajstić information content (AvgIpc) is 3.18. The number of ketones is 1. The topological polar surface area (TPSA) is 38.3 Å². The van der Waals surface area contributed by atoms with Gasteiger partial charge in [-0.3, -0.25) is 4.79 Å². The zero-order valence-electron chi connectivity index (χ0n) is 11.2. The number of hydrogen-bond acceptors (Lipinski definition) is 3. The van der Waals surface area contributed by atoms with Crippen LogP contribution in [-0.4, -0.2) is 32.1 Å². The van der Waals surface area contributed by atoms with Crippen molar-refractivity contribution in [2.75, 3.05) is 20.7 Å². The van der Waals surface area contributed by atoms with Crippen molar-refractivity contribution in [2.45, 2.75) is 31.3 Å². The maximum atomic E-state index is 11.6.